The number of hydrogen-bond donors (Lipinski definition) is 1. The van der Waals surface area contributed by atoms with Gasteiger partial charge in [-0.25, -0.2) is 18.4 Å². The lowest BCUT2D eigenvalue weighted by molar-refractivity contribution is 0.000199. The molecule has 34 heavy (non-hydrogen) atoms. The van der Waals surface area contributed by atoms with Crippen molar-refractivity contribution in [3.8, 4) is 5.75 Å². The molecule has 5 rings (SSSR count). The number of ether oxygens (including phenoxy) is 1. The Balaban J connectivity index is 1.72. The van der Waals surface area contributed by atoms with Crippen molar-refractivity contribution in [2.75, 3.05) is 14.2 Å². The largest absolute Gasteiger partial charge is 0.497 e. The maximum atomic E-state index is 14.1. The van der Waals surface area contributed by atoms with Crippen LogP contribution in [0.15, 0.2) is 69.9 Å². The van der Waals surface area contributed by atoms with Crippen LogP contribution in [0.4, 0.5) is 0 Å². The number of fused-ring (bicyclic) bond motifs is 2. The molecule has 1 aliphatic carbocycles. The van der Waals surface area contributed by atoms with E-state index in [4.69, 9.17) is 9.72 Å². The zero-order chi connectivity index (χ0) is 24.2. The van der Waals surface area contributed by atoms with E-state index in [1.807, 2.05) is 48.8 Å². The number of allylic oxidation sites excluding steroid dienone is 4. The van der Waals surface area contributed by atoms with Crippen LogP contribution in [0, 0.1) is 0 Å². The van der Waals surface area contributed by atoms with Crippen LogP contribution in [0.25, 0.3) is 6.08 Å². The van der Waals surface area contributed by atoms with Crippen molar-refractivity contribution in [1.29, 1.82) is 0 Å². The first kappa shape index (κ1) is 22.5. The summed E-state index contributed by atoms with van der Waals surface area (Å²) in [6.45, 7) is 3.90. The Kier molecular flexibility index (Phi) is 5.41. The molecule has 0 radical (unpaired) electrons. The second-order valence-electron chi connectivity index (χ2n) is 8.76. The van der Waals surface area contributed by atoms with Crippen molar-refractivity contribution in [1.82, 2.24) is 24.9 Å². The van der Waals surface area contributed by atoms with Gasteiger partial charge in [0, 0.05) is 32.3 Å². The Labute approximate surface area is 200 Å². The normalized spacial score (nSPS) is 22.3. The quantitative estimate of drug-likeness (QED) is 0.721. The zero-order valence-corrected chi connectivity index (χ0v) is 20.8. The minimum absolute atomic E-state index is 0.0989. The van der Waals surface area contributed by atoms with Gasteiger partial charge in [0.2, 0.25) is 9.84 Å². The highest BCUT2D eigenvalue weighted by Gasteiger charge is 2.46. The van der Waals surface area contributed by atoms with E-state index in [0.29, 0.717) is 28.6 Å². The van der Waals surface area contributed by atoms with E-state index in [1.54, 1.807) is 31.4 Å². The van der Waals surface area contributed by atoms with Crippen LogP contribution in [0.1, 0.15) is 37.1 Å². The summed E-state index contributed by atoms with van der Waals surface area (Å²) in [7, 11) is 1.62. The van der Waals surface area contributed by atoms with Crippen molar-refractivity contribution in [3.63, 3.8) is 0 Å². The molecule has 178 valence electrons. The Morgan fingerprint density at radius 3 is 2.59 bits per heavy atom. The molecule has 2 aromatic rings. The molecule has 1 aromatic heterocycles. The summed E-state index contributed by atoms with van der Waals surface area (Å²) in [6, 6.07) is 6.00. The highest BCUT2D eigenvalue weighted by Crippen LogP contribution is 2.44. The van der Waals surface area contributed by atoms with Gasteiger partial charge in [0.25, 0.3) is 0 Å². The molecule has 8 nitrogen and oxygen atoms in total. The van der Waals surface area contributed by atoms with E-state index >= 15 is 0 Å². The first-order valence-corrected chi connectivity index (χ1v) is 12.7. The number of nitrogens with zero attached hydrogens (tertiary/aromatic N) is 4. The molecule has 1 aromatic carbocycles. The van der Waals surface area contributed by atoms with Gasteiger partial charge in [0.1, 0.15) is 23.4 Å². The number of nitrogens with one attached hydrogen (secondary N) is 1. The molecule has 3 heterocycles. The van der Waals surface area contributed by atoms with Crippen molar-refractivity contribution in [3.05, 3.63) is 82.2 Å². The van der Waals surface area contributed by atoms with E-state index in [2.05, 4.69) is 29.4 Å². The molecule has 9 heteroatoms. The van der Waals surface area contributed by atoms with Gasteiger partial charge < -0.3 is 14.6 Å². The fourth-order valence-electron chi connectivity index (χ4n) is 4.82. The predicted octanol–water partition coefficient (Wildman–Crippen LogP) is 3.30. The van der Waals surface area contributed by atoms with Gasteiger partial charge in [-0.1, -0.05) is 18.2 Å². The monoisotopic (exact) mass is 479 g/mol. The Morgan fingerprint density at radius 2 is 1.88 bits per heavy atom. The van der Waals surface area contributed by atoms with Gasteiger partial charge >= 0.3 is 0 Å². The number of sulfone groups is 1. The number of imidazole rings is 1. The van der Waals surface area contributed by atoms with Gasteiger partial charge in [0.15, 0.2) is 0 Å². The summed E-state index contributed by atoms with van der Waals surface area (Å²) >= 11 is 0. The third-order valence-electron chi connectivity index (χ3n) is 6.72. The number of hydrazine groups is 1. The van der Waals surface area contributed by atoms with Crippen molar-refractivity contribution < 1.29 is 13.2 Å². The Bertz CT molecular complexity index is 1370. The highest BCUT2D eigenvalue weighted by atomic mass is 32.2. The van der Waals surface area contributed by atoms with Crippen LogP contribution in [0.2, 0.25) is 0 Å². The van der Waals surface area contributed by atoms with E-state index in [1.165, 1.54) is 0 Å². The molecule has 0 spiro atoms. The van der Waals surface area contributed by atoms with Crippen LogP contribution in [0.3, 0.4) is 0 Å². The predicted molar refractivity (Wildman–Crippen MR) is 131 cm³/mol. The summed E-state index contributed by atoms with van der Waals surface area (Å²) < 4.78 is 35.4. The fourth-order valence-corrected chi connectivity index (χ4v) is 6.52. The van der Waals surface area contributed by atoms with Crippen LogP contribution in [-0.2, 0) is 23.3 Å². The fraction of sp³-hybridized carbons (Fsp3) is 0.320. The average Bonchev–Trinajstić information content (AvgIpc) is 3.15. The minimum Gasteiger partial charge on any atom is -0.497 e. The number of methoxy groups -OCH3 is 1. The second-order valence-corrected chi connectivity index (χ2v) is 10.7. The van der Waals surface area contributed by atoms with E-state index in [0.717, 1.165) is 17.2 Å². The van der Waals surface area contributed by atoms with Crippen molar-refractivity contribution >= 4 is 15.9 Å². The lowest BCUT2D eigenvalue weighted by atomic mass is 10.1. The van der Waals surface area contributed by atoms with E-state index < -0.39 is 15.9 Å². The van der Waals surface area contributed by atoms with Gasteiger partial charge in [-0.15, -0.1) is 0 Å². The molecule has 2 unspecified atom stereocenters. The summed E-state index contributed by atoms with van der Waals surface area (Å²) in [6.07, 6.45) is 10.9. The van der Waals surface area contributed by atoms with Crippen LogP contribution >= 0.6 is 0 Å². The number of likely N-dealkylation sites (N-methyl/N-ethyl adjacent to an activating group) is 1. The van der Waals surface area contributed by atoms with Gasteiger partial charge in [-0.2, -0.15) is 0 Å². The molecular weight excluding hydrogens is 450 g/mol. The number of rotatable bonds is 4. The lowest BCUT2D eigenvalue weighted by Crippen LogP contribution is -2.48. The summed E-state index contributed by atoms with van der Waals surface area (Å²) in [4.78, 5) is 5.50. The maximum Gasteiger partial charge on any atom is 0.207 e. The SMILES string of the molecule is COc1ccc(S(=O)(=O)C2=C(C)NC3=CC(C)N(C)N3C2c2nc3c(n2C)C=CC=CC3)cc1. The molecule has 0 saturated heterocycles. The summed E-state index contributed by atoms with van der Waals surface area (Å²) in [5.41, 5.74) is 2.51. The second kappa shape index (κ2) is 8.18. The van der Waals surface area contributed by atoms with Gasteiger partial charge in [0.05, 0.1) is 28.3 Å². The zero-order valence-electron chi connectivity index (χ0n) is 20.0. The molecule has 0 fully saturated rings. The standard InChI is InChI=1S/C25H29N5O3S/c1-16-15-22-26-17(2)24(34(31,32)19-13-11-18(33-5)12-14-19)23(30(22)29(16)4)25-27-20-9-7-6-8-10-21(20)28(25)3/h6-8,10-16,23,26H,9H2,1-5H3. The first-order chi connectivity index (χ1) is 16.2. The van der Waals surface area contributed by atoms with Crippen LogP contribution in [-0.4, -0.2) is 48.2 Å². The Morgan fingerprint density at radius 1 is 1.15 bits per heavy atom. The molecule has 0 saturated carbocycles. The molecular formula is C25H29N5O3S. The third kappa shape index (κ3) is 3.38. The lowest BCUT2D eigenvalue weighted by Gasteiger charge is -2.42. The molecule has 2 atom stereocenters. The third-order valence-corrected chi connectivity index (χ3v) is 8.72. The maximum absolute atomic E-state index is 14.1. The van der Waals surface area contributed by atoms with E-state index in [9.17, 15) is 8.42 Å². The summed E-state index contributed by atoms with van der Waals surface area (Å²) in [5, 5.41) is 7.40. The smallest absolute Gasteiger partial charge is 0.207 e. The molecule has 0 bridgehead atoms. The minimum atomic E-state index is -3.86. The van der Waals surface area contributed by atoms with Gasteiger partial charge in [-0.3, -0.25) is 5.01 Å². The number of benzene rings is 1. The Hall–Kier alpha value is -3.30. The molecule has 2 aliphatic heterocycles. The summed E-state index contributed by atoms with van der Waals surface area (Å²) in [5.74, 6) is 2.15. The average molecular weight is 480 g/mol. The van der Waals surface area contributed by atoms with Crippen LogP contribution in [0.5, 0.6) is 5.75 Å². The van der Waals surface area contributed by atoms with Crippen molar-refractivity contribution in [2.24, 2.45) is 7.05 Å². The van der Waals surface area contributed by atoms with Crippen molar-refractivity contribution in [2.45, 2.75) is 37.2 Å². The first-order valence-electron chi connectivity index (χ1n) is 11.2. The van der Waals surface area contributed by atoms with E-state index in [-0.39, 0.29) is 10.9 Å². The number of hydrogen-bond acceptors (Lipinski definition) is 7. The molecule has 0 amide bonds. The molecule has 1 N–H and O–H groups in total. The van der Waals surface area contributed by atoms with Crippen LogP contribution < -0.4 is 10.1 Å². The molecule has 3 aliphatic rings. The van der Waals surface area contributed by atoms with Gasteiger partial charge in [-0.05, 0) is 50.3 Å². The topological polar surface area (TPSA) is 79.7 Å². The number of aromatic nitrogens is 2. The highest BCUT2D eigenvalue weighted by molar-refractivity contribution is 7.95.